The van der Waals surface area contributed by atoms with Crippen LogP contribution in [0.1, 0.15) is 52.6 Å². The molecule has 26 heavy (non-hydrogen) atoms. The summed E-state index contributed by atoms with van der Waals surface area (Å²) < 4.78 is 25.1. The molecule has 1 heterocycles. The lowest BCUT2D eigenvalue weighted by Crippen LogP contribution is -2.35. The third-order valence-corrected chi connectivity index (χ3v) is 7.34. The van der Waals surface area contributed by atoms with E-state index in [0.29, 0.717) is 22.0 Å². The second-order valence-corrected chi connectivity index (χ2v) is 9.78. The summed E-state index contributed by atoms with van der Waals surface area (Å²) in [5.41, 5.74) is 1.72. The van der Waals surface area contributed by atoms with E-state index in [2.05, 4.69) is 4.98 Å². The number of nitrogens with zero attached hydrogens (tertiary/aromatic N) is 2. The zero-order valence-corrected chi connectivity index (χ0v) is 17.6. The number of amides is 1. The van der Waals surface area contributed by atoms with Crippen LogP contribution in [0.3, 0.4) is 0 Å². The molecule has 2 aromatic rings. The Balaban J connectivity index is 2.14. The fourth-order valence-corrected chi connectivity index (χ4v) is 4.79. The maximum Gasteiger partial charge on any atom is 0.265 e. The van der Waals surface area contributed by atoms with Crippen LogP contribution < -0.4 is 0 Å². The highest BCUT2D eigenvalue weighted by molar-refractivity contribution is 7.91. The molecule has 0 radical (unpaired) electrons. The summed E-state index contributed by atoms with van der Waals surface area (Å²) in [6.07, 6.45) is 0. The molecule has 1 aromatic carbocycles. The van der Waals surface area contributed by atoms with Crippen molar-refractivity contribution in [3.05, 3.63) is 45.4 Å². The largest absolute Gasteiger partial charge is 0.337 e. The van der Waals surface area contributed by atoms with Gasteiger partial charge in [-0.05, 0) is 32.9 Å². The van der Waals surface area contributed by atoms with Crippen LogP contribution in [0.15, 0.2) is 29.2 Å². The maximum absolute atomic E-state index is 12.8. The van der Waals surface area contributed by atoms with Crippen molar-refractivity contribution >= 4 is 27.1 Å². The smallest absolute Gasteiger partial charge is 0.265 e. The standard InChI is InChI=1S/C19H26N2O3S2/c1-6-21(19(22)17-15(5)20-18(25-17)13(2)3)11-12-26(23,24)16-9-7-14(4)8-10-16/h7-10,13H,6,11-12H2,1-5H3. The number of aromatic nitrogens is 1. The molecule has 5 nitrogen and oxygen atoms in total. The van der Waals surface area contributed by atoms with Gasteiger partial charge in [0.15, 0.2) is 9.84 Å². The maximum atomic E-state index is 12.8. The van der Waals surface area contributed by atoms with E-state index >= 15 is 0 Å². The second-order valence-electron chi connectivity index (χ2n) is 6.64. The van der Waals surface area contributed by atoms with E-state index in [-0.39, 0.29) is 24.1 Å². The number of rotatable bonds is 7. The van der Waals surface area contributed by atoms with E-state index in [4.69, 9.17) is 0 Å². The van der Waals surface area contributed by atoms with Gasteiger partial charge in [-0.3, -0.25) is 4.79 Å². The summed E-state index contributed by atoms with van der Waals surface area (Å²) in [5, 5.41) is 0.925. The number of benzene rings is 1. The fraction of sp³-hybridized carbons (Fsp3) is 0.474. The SMILES string of the molecule is CCN(CCS(=O)(=O)c1ccc(C)cc1)C(=O)c1sc(C(C)C)nc1C. The van der Waals surface area contributed by atoms with Crippen LogP contribution in [0.5, 0.6) is 0 Å². The molecule has 1 aromatic heterocycles. The molecule has 0 aliphatic rings. The van der Waals surface area contributed by atoms with Crippen LogP contribution in [-0.2, 0) is 9.84 Å². The number of carbonyl (C=O) groups excluding carboxylic acids is 1. The van der Waals surface area contributed by atoms with Crippen molar-refractivity contribution < 1.29 is 13.2 Å². The van der Waals surface area contributed by atoms with Gasteiger partial charge in [0.25, 0.3) is 5.91 Å². The Labute approximate surface area is 160 Å². The van der Waals surface area contributed by atoms with E-state index in [1.807, 2.05) is 34.6 Å². The number of aryl methyl sites for hydroxylation is 2. The van der Waals surface area contributed by atoms with Gasteiger partial charge in [-0.2, -0.15) is 0 Å². The van der Waals surface area contributed by atoms with Crippen molar-refractivity contribution in [1.82, 2.24) is 9.88 Å². The summed E-state index contributed by atoms with van der Waals surface area (Å²) >= 11 is 1.40. The molecular formula is C19H26N2O3S2. The van der Waals surface area contributed by atoms with Gasteiger partial charge in [0.05, 0.1) is 21.3 Å². The summed E-state index contributed by atoms with van der Waals surface area (Å²) in [7, 11) is -3.42. The molecule has 1 amide bonds. The van der Waals surface area contributed by atoms with Crippen LogP contribution in [0, 0.1) is 13.8 Å². The van der Waals surface area contributed by atoms with Gasteiger partial charge in [-0.1, -0.05) is 31.5 Å². The van der Waals surface area contributed by atoms with Gasteiger partial charge in [-0.25, -0.2) is 13.4 Å². The average molecular weight is 395 g/mol. The minimum absolute atomic E-state index is 0.0927. The normalized spacial score (nSPS) is 11.8. The van der Waals surface area contributed by atoms with Crippen LogP contribution in [-0.4, -0.2) is 43.1 Å². The zero-order chi connectivity index (χ0) is 19.5. The molecule has 0 fully saturated rings. The van der Waals surface area contributed by atoms with E-state index in [0.717, 1.165) is 10.6 Å². The minimum Gasteiger partial charge on any atom is -0.337 e. The summed E-state index contributed by atoms with van der Waals surface area (Å²) in [5.74, 6) is 0.0237. The Kier molecular flexibility index (Phi) is 6.58. The summed E-state index contributed by atoms with van der Waals surface area (Å²) in [6.45, 7) is 10.3. The Bertz CT molecular complexity index is 869. The highest BCUT2D eigenvalue weighted by Crippen LogP contribution is 2.25. The van der Waals surface area contributed by atoms with Gasteiger partial charge >= 0.3 is 0 Å². The molecule has 0 N–H and O–H groups in total. The third kappa shape index (κ3) is 4.71. The first-order valence-electron chi connectivity index (χ1n) is 8.71. The predicted octanol–water partition coefficient (Wildman–Crippen LogP) is 3.82. The van der Waals surface area contributed by atoms with E-state index in [1.165, 1.54) is 11.3 Å². The molecule has 2 rings (SSSR count). The first-order valence-corrected chi connectivity index (χ1v) is 11.2. The molecule has 0 atom stereocenters. The highest BCUT2D eigenvalue weighted by Gasteiger charge is 2.23. The van der Waals surface area contributed by atoms with Crippen molar-refractivity contribution in [2.24, 2.45) is 0 Å². The second kappa shape index (κ2) is 8.31. The van der Waals surface area contributed by atoms with E-state index in [1.54, 1.807) is 29.2 Å². The average Bonchev–Trinajstić information content (AvgIpc) is 2.97. The predicted molar refractivity (Wildman–Crippen MR) is 106 cm³/mol. The summed E-state index contributed by atoms with van der Waals surface area (Å²) in [4.78, 5) is 19.8. The monoisotopic (exact) mass is 394 g/mol. The van der Waals surface area contributed by atoms with E-state index < -0.39 is 9.84 Å². The Morgan fingerprint density at radius 3 is 2.31 bits per heavy atom. The highest BCUT2D eigenvalue weighted by atomic mass is 32.2. The first kappa shape index (κ1) is 20.6. The fourth-order valence-electron chi connectivity index (χ4n) is 2.50. The van der Waals surface area contributed by atoms with Crippen molar-refractivity contribution in [3.8, 4) is 0 Å². The molecule has 0 unspecified atom stereocenters. The van der Waals surface area contributed by atoms with Crippen LogP contribution in [0.25, 0.3) is 0 Å². The van der Waals surface area contributed by atoms with Gasteiger partial charge < -0.3 is 4.90 Å². The van der Waals surface area contributed by atoms with Crippen molar-refractivity contribution in [2.45, 2.75) is 45.4 Å². The Morgan fingerprint density at radius 1 is 1.19 bits per heavy atom. The molecule has 0 bridgehead atoms. The molecule has 0 aliphatic carbocycles. The lowest BCUT2D eigenvalue weighted by atomic mass is 10.2. The topological polar surface area (TPSA) is 67.3 Å². The number of hydrogen-bond donors (Lipinski definition) is 0. The van der Waals surface area contributed by atoms with Crippen molar-refractivity contribution in [1.29, 1.82) is 0 Å². The Hall–Kier alpha value is -1.73. The lowest BCUT2D eigenvalue weighted by Gasteiger charge is -2.20. The molecule has 0 spiro atoms. The number of hydrogen-bond acceptors (Lipinski definition) is 5. The molecule has 0 saturated carbocycles. The minimum atomic E-state index is -3.42. The molecule has 142 valence electrons. The van der Waals surface area contributed by atoms with Gasteiger partial charge in [-0.15, -0.1) is 11.3 Å². The lowest BCUT2D eigenvalue weighted by molar-refractivity contribution is 0.0778. The van der Waals surface area contributed by atoms with Gasteiger partial charge in [0.1, 0.15) is 4.88 Å². The van der Waals surface area contributed by atoms with Gasteiger partial charge in [0, 0.05) is 19.0 Å². The quantitative estimate of drug-likeness (QED) is 0.716. The molecule has 0 aliphatic heterocycles. The van der Waals surface area contributed by atoms with Crippen molar-refractivity contribution in [2.75, 3.05) is 18.8 Å². The van der Waals surface area contributed by atoms with Gasteiger partial charge in [0.2, 0.25) is 0 Å². The number of carbonyl (C=O) groups is 1. The van der Waals surface area contributed by atoms with Crippen LogP contribution in [0.4, 0.5) is 0 Å². The van der Waals surface area contributed by atoms with Crippen molar-refractivity contribution in [3.63, 3.8) is 0 Å². The molecule has 0 saturated heterocycles. The van der Waals surface area contributed by atoms with E-state index in [9.17, 15) is 13.2 Å². The van der Waals surface area contributed by atoms with Crippen LogP contribution >= 0.6 is 11.3 Å². The molecular weight excluding hydrogens is 368 g/mol. The van der Waals surface area contributed by atoms with Crippen LogP contribution in [0.2, 0.25) is 0 Å². The number of thiazole rings is 1. The zero-order valence-electron chi connectivity index (χ0n) is 15.9. The first-order chi connectivity index (χ1) is 12.2. The summed E-state index contributed by atoms with van der Waals surface area (Å²) in [6, 6.07) is 6.80. The number of sulfone groups is 1. The molecule has 7 heteroatoms. The third-order valence-electron chi connectivity index (χ3n) is 4.18. The Morgan fingerprint density at radius 2 is 1.81 bits per heavy atom.